The van der Waals surface area contributed by atoms with Crippen LogP contribution in [0.25, 0.3) is 0 Å². The number of rotatable bonds is 7. The fourth-order valence-electron chi connectivity index (χ4n) is 3.91. The number of carbonyl (C=O) groups excluding carboxylic acids is 1. The summed E-state index contributed by atoms with van der Waals surface area (Å²) in [5, 5.41) is 0.105. The summed E-state index contributed by atoms with van der Waals surface area (Å²) in [6.07, 6.45) is -0.318. The van der Waals surface area contributed by atoms with E-state index in [0.29, 0.717) is 13.2 Å². The number of hydrogen-bond donors (Lipinski definition) is 0. The lowest BCUT2D eigenvalue weighted by atomic mass is 9.86. The third kappa shape index (κ3) is 11.0. The molecule has 3 atom stereocenters. The first-order valence-corrected chi connectivity index (χ1v) is 16.3. The molecule has 1 aliphatic heterocycles. The molecule has 6 nitrogen and oxygen atoms in total. The Morgan fingerprint density at radius 2 is 1.59 bits per heavy atom. The molecule has 1 aliphatic rings. The second-order valence-electron chi connectivity index (χ2n) is 13.4. The van der Waals surface area contributed by atoms with Gasteiger partial charge in [-0.3, -0.25) is 0 Å². The second-order valence-corrected chi connectivity index (χ2v) is 18.2. The summed E-state index contributed by atoms with van der Waals surface area (Å²) in [5.74, 6) is -0.161. The maximum Gasteiger partial charge on any atom is 0.410 e. The van der Waals surface area contributed by atoms with E-state index in [1.807, 2.05) is 33.8 Å². The summed E-state index contributed by atoms with van der Waals surface area (Å²) in [5.41, 5.74) is 0.354. The van der Waals surface area contributed by atoms with Crippen molar-refractivity contribution >= 4 is 14.4 Å². The highest BCUT2D eigenvalue weighted by Gasteiger charge is 2.45. The number of ether oxygens (including phenoxy) is 1. The highest BCUT2D eigenvalue weighted by atomic mass is 28.4. The van der Waals surface area contributed by atoms with Gasteiger partial charge in [-0.25, -0.2) is 9.18 Å². The van der Waals surface area contributed by atoms with Crippen LogP contribution in [-0.4, -0.2) is 95.2 Å². The number of nitrogens with zero attached hydrogens (tertiary/aromatic N) is 3. The Labute approximate surface area is 227 Å². The lowest BCUT2D eigenvalue weighted by Crippen LogP contribution is -2.44. The number of likely N-dealkylation sites (tertiary alicyclic amines) is 1. The fourth-order valence-corrected chi connectivity index (χ4v) is 4.95. The van der Waals surface area contributed by atoms with E-state index in [2.05, 4.69) is 71.9 Å². The molecule has 37 heavy (non-hydrogen) atoms. The Hall–Kier alpha value is -1.48. The minimum Gasteiger partial charge on any atom is -0.444 e. The molecule has 0 radical (unpaired) electrons. The average Bonchev–Trinajstić information content (AvgIpc) is 3.05. The van der Waals surface area contributed by atoms with Crippen LogP contribution in [0.2, 0.25) is 18.1 Å². The third-order valence-corrected chi connectivity index (χ3v) is 11.9. The van der Waals surface area contributed by atoms with Crippen molar-refractivity contribution in [3.05, 3.63) is 35.6 Å². The molecule has 2 rings (SSSR count). The van der Waals surface area contributed by atoms with Crippen molar-refractivity contribution < 1.29 is 18.3 Å². The molecule has 1 aromatic rings. The van der Waals surface area contributed by atoms with Crippen molar-refractivity contribution in [1.29, 1.82) is 0 Å². The van der Waals surface area contributed by atoms with E-state index in [0.717, 1.165) is 18.7 Å². The molecule has 1 aromatic carbocycles. The molecule has 1 heterocycles. The molecular formula is C29H54FN3O3Si. The Balaban J connectivity index is 0.000000738. The molecule has 0 saturated carbocycles. The van der Waals surface area contributed by atoms with Gasteiger partial charge in [0.05, 0.1) is 0 Å². The summed E-state index contributed by atoms with van der Waals surface area (Å²) < 4.78 is 26.1. The summed E-state index contributed by atoms with van der Waals surface area (Å²) in [6.45, 7) is 22.1. The van der Waals surface area contributed by atoms with Crippen molar-refractivity contribution in [3.63, 3.8) is 0 Å². The first kappa shape index (κ1) is 33.5. The minimum absolute atomic E-state index is 0.0120. The first-order chi connectivity index (χ1) is 16.7. The zero-order chi connectivity index (χ0) is 28.8. The van der Waals surface area contributed by atoms with E-state index >= 15 is 0 Å². The molecule has 214 valence electrons. The molecular weight excluding hydrogens is 485 g/mol. The number of likely N-dealkylation sites (N-methyl/N-ethyl adjacent to an activating group) is 2. The third-order valence-electron chi connectivity index (χ3n) is 7.36. The van der Waals surface area contributed by atoms with E-state index in [1.165, 1.54) is 6.07 Å². The van der Waals surface area contributed by atoms with Gasteiger partial charge < -0.3 is 23.9 Å². The van der Waals surface area contributed by atoms with Gasteiger partial charge in [0.2, 0.25) is 0 Å². The van der Waals surface area contributed by atoms with Crippen molar-refractivity contribution in [2.45, 2.75) is 84.2 Å². The molecule has 0 spiro atoms. The summed E-state index contributed by atoms with van der Waals surface area (Å²) in [6, 6.07) is 6.66. The fraction of sp³-hybridized carbons (Fsp3) is 0.759. The first-order valence-electron chi connectivity index (χ1n) is 13.4. The Morgan fingerprint density at radius 1 is 1.05 bits per heavy atom. The van der Waals surface area contributed by atoms with Gasteiger partial charge in [0.1, 0.15) is 11.4 Å². The van der Waals surface area contributed by atoms with Gasteiger partial charge in [0.15, 0.2) is 8.32 Å². The monoisotopic (exact) mass is 539 g/mol. The van der Waals surface area contributed by atoms with Crippen molar-refractivity contribution in [3.8, 4) is 0 Å². The van der Waals surface area contributed by atoms with Crippen LogP contribution in [0.15, 0.2) is 24.3 Å². The molecule has 0 aromatic heterocycles. The average molecular weight is 540 g/mol. The van der Waals surface area contributed by atoms with Gasteiger partial charge in [-0.2, -0.15) is 0 Å². The van der Waals surface area contributed by atoms with Gasteiger partial charge in [-0.1, -0.05) is 32.9 Å². The molecule has 1 amide bonds. The zero-order valence-electron chi connectivity index (χ0n) is 25.8. The largest absolute Gasteiger partial charge is 0.444 e. The van der Waals surface area contributed by atoms with E-state index in [1.54, 1.807) is 17.0 Å². The number of halogens is 1. The predicted molar refractivity (Wildman–Crippen MR) is 155 cm³/mol. The normalized spacial score (nSPS) is 20.8. The highest BCUT2D eigenvalue weighted by Crippen LogP contribution is 2.41. The van der Waals surface area contributed by atoms with Crippen molar-refractivity contribution in [2.24, 2.45) is 5.92 Å². The Bertz CT molecular complexity index is 842. The maximum absolute atomic E-state index is 13.9. The van der Waals surface area contributed by atoms with Crippen LogP contribution in [0.3, 0.4) is 0 Å². The molecule has 1 unspecified atom stereocenters. The van der Waals surface area contributed by atoms with Crippen LogP contribution >= 0.6 is 0 Å². The number of hydrogen-bond acceptors (Lipinski definition) is 5. The van der Waals surface area contributed by atoms with Crippen LogP contribution < -0.4 is 0 Å². The van der Waals surface area contributed by atoms with E-state index in [-0.39, 0.29) is 34.8 Å². The molecule has 8 heteroatoms. The van der Waals surface area contributed by atoms with Gasteiger partial charge in [-0.15, -0.1) is 0 Å². The smallest absolute Gasteiger partial charge is 0.410 e. The van der Waals surface area contributed by atoms with Gasteiger partial charge in [-0.05, 0) is 91.7 Å². The van der Waals surface area contributed by atoms with Gasteiger partial charge in [0.25, 0.3) is 0 Å². The van der Waals surface area contributed by atoms with Crippen LogP contribution in [0.4, 0.5) is 9.18 Å². The van der Waals surface area contributed by atoms with E-state index in [9.17, 15) is 9.18 Å². The van der Waals surface area contributed by atoms with Gasteiger partial charge >= 0.3 is 6.09 Å². The summed E-state index contributed by atoms with van der Waals surface area (Å²) >= 11 is 0. The molecule has 0 N–H and O–H groups in total. The van der Waals surface area contributed by atoms with Crippen molar-refractivity contribution in [1.82, 2.24) is 14.7 Å². The zero-order valence-corrected chi connectivity index (χ0v) is 26.8. The quantitative estimate of drug-likeness (QED) is 0.381. The summed E-state index contributed by atoms with van der Waals surface area (Å²) in [7, 11) is 6.41. The Morgan fingerprint density at radius 3 is 2.03 bits per heavy atom. The number of benzene rings is 1. The lowest BCUT2D eigenvalue weighted by Gasteiger charge is -2.38. The number of amides is 1. The standard InChI is InChI=1S/C23H38FNO3Si.C6H16N2/c1-16-20(15-27-29(8,9)23(5,6)7)19(17-11-10-12-18(24)13-17)14-25(16)21(26)28-22(2,3)4;1-7(2)5-6-8(3)4/h10-13,16,19-20H,14-15H2,1-9H3;5-6H2,1-4H3/t16?,19-,20+;/m1./s1. The lowest BCUT2D eigenvalue weighted by molar-refractivity contribution is 0.0212. The van der Waals surface area contributed by atoms with Crippen LogP contribution in [-0.2, 0) is 9.16 Å². The Kier molecular flexibility index (Phi) is 12.3. The van der Waals surface area contributed by atoms with Crippen molar-refractivity contribution in [2.75, 3.05) is 54.4 Å². The van der Waals surface area contributed by atoms with E-state index in [4.69, 9.17) is 9.16 Å². The molecule has 1 fully saturated rings. The maximum atomic E-state index is 13.9. The predicted octanol–water partition coefficient (Wildman–Crippen LogP) is 6.30. The van der Waals surface area contributed by atoms with Crippen LogP contribution in [0, 0.1) is 11.7 Å². The van der Waals surface area contributed by atoms with E-state index < -0.39 is 13.9 Å². The summed E-state index contributed by atoms with van der Waals surface area (Å²) in [4.78, 5) is 19.0. The molecule has 1 saturated heterocycles. The topological polar surface area (TPSA) is 45.2 Å². The van der Waals surface area contributed by atoms with Crippen LogP contribution in [0.1, 0.15) is 59.9 Å². The minimum atomic E-state index is -1.94. The SMILES string of the molecule is CC1[C@H](CO[Si](C)(C)C(C)(C)C)[C@@H](c2cccc(F)c2)CN1C(=O)OC(C)(C)C.CN(C)CCN(C)C. The molecule has 0 bridgehead atoms. The molecule has 0 aliphatic carbocycles. The number of carbonyl (C=O) groups is 1. The highest BCUT2D eigenvalue weighted by molar-refractivity contribution is 6.74. The van der Waals surface area contributed by atoms with Gasteiger partial charge in [0, 0.05) is 44.1 Å². The second kappa shape index (κ2) is 13.5. The van der Waals surface area contributed by atoms with Crippen LogP contribution in [0.5, 0.6) is 0 Å².